The van der Waals surface area contributed by atoms with E-state index >= 15 is 0 Å². The summed E-state index contributed by atoms with van der Waals surface area (Å²) in [6.45, 7) is 3.26. The summed E-state index contributed by atoms with van der Waals surface area (Å²) in [5, 5.41) is 0.547. The number of imidazole rings is 1. The van der Waals surface area contributed by atoms with Crippen LogP contribution < -0.4 is 15.2 Å². The van der Waals surface area contributed by atoms with Crippen molar-refractivity contribution >= 4 is 27.5 Å². The van der Waals surface area contributed by atoms with Gasteiger partial charge in [0.15, 0.2) is 22.5 Å². The van der Waals surface area contributed by atoms with Crippen molar-refractivity contribution in [3.05, 3.63) is 17.8 Å². The number of H-pyrrole nitrogens is 1. The molecular formula is C14H14N4O2S. The van der Waals surface area contributed by atoms with Crippen molar-refractivity contribution in [1.82, 2.24) is 15.0 Å². The fourth-order valence-corrected chi connectivity index (χ4v) is 3.19. The van der Waals surface area contributed by atoms with E-state index < -0.39 is 0 Å². The van der Waals surface area contributed by atoms with Gasteiger partial charge in [0.25, 0.3) is 0 Å². The van der Waals surface area contributed by atoms with Crippen LogP contribution in [0.1, 0.15) is 12.1 Å². The van der Waals surface area contributed by atoms with E-state index in [2.05, 4.69) is 15.0 Å². The monoisotopic (exact) mass is 302 g/mol. The zero-order valence-corrected chi connectivity index (χ0v) is 12.3. The van der Waals surface area contributed by atoms with E-state index in [9.17, 15) is 0 Å². The number of aryl methyl sites for hydroxylation is 1. The van der Waals surface area contributed by atoms with Crippen LogP contribution in [0, 0.1) is 6.92 Å². The first kappa shape index (κ1) is 12.5. The van der Waals surface area contributed by atoms with Crippen LogP contribution in [0.3, 0.4) is 0 Å². The quantitative estimate of drug-likeness (QED) is 0.722. The number of aromatic nitrogens is 3. The topological polar surface area (TPSA) is 86.1 Å². The highest BCUT2D eigenvalue weighted by Gasteiger charge is 2.16. The second-order valence-corrected chi connectivity index (χ2v) is 5.95. The summed E-state index contributed by atoms with van der Waals surface area (Å²) in [6.07, 6.45) is 0.890. The Balaban J connectivity index is 1.85. The van der Waals surface area contributed by atoms with Crippen molar-refractivity contribution < 1.29 is 9.47 Å². The van der Waals surface area contributed by atoms with Gasteiger partial charge in [0, 0.05) is 18.6 Å². The van der Waals surface area contributed by atoms with Gasteiger partial charge in [0.2, 0.25) is 0 Å². The van der Waals surface area contributed by atoms with E-state index in [1.165, 1.54) is 11.3 Å². The van der Waals surface area contributed by atoms with Crippen LogP contribution in [0.5, 0.6) is 11.5 Å². The first-order valence-corrected chi connectivity index (χ1v) is 7.55. The number of hydrogen-bond acceptors (Lipinski definition) is 6. The minimum Gasteiger partial charge on any atom is -0.489 e. The third-order valence-corrected chi connectivity index (χ3v) is 4.37. The van der Waals surface area contributed by atoms with Crippen molar-refractivity contribution in [3.63, 3.8) is 0 Å². The second kappa shape index (κ2) is 4.63. The molecule has 0 atom stereocenters. The lowest BCUT2D eigenvalue weighted by atomic mass is 10.3. The van der Waals surface area contributed by atoms with Gasteiger partial charge < -0.3 is 20.2 Å². The van der Waals surface area contributed by atoms with Gasteiger partial charge in [-0.2, -0.15) is 0 Å². The Hall–Kier alpha value is -2.28. The Labute approximate surface area is 124 Å². The Morgan fingerprint density at radius 1 is 1.19 bits per heavy atom. The largest absolute Gasteiger partial charge is 0.489 e. The maximum absolute atomic E-state index is 5.75. The molecule has 0 amide bonds. The molecule has 3 N–H and O–H groups in total. The summed E-state index contributed by atoms with van der Waals surface area (Å²) in [5.41, 5.74) is 8.40. The number of fused-ring (bicyclic) bond motifs is 2. The standard InChI is InChI=1S/C14H14N4O2S/c1-7-12(21-14(15)16-7)13-17-8-5-10-11(6-9(8)18-13)20-4-2-3-19-10/h5-6H,2-4H2,1H3,(H2,15,16)(H,17,18). The van der Waals surface area contributed by atoms with Gasteiger partial charge in [-0.15, -0.1) is 0 Å². The number of rotatable bonds is 1. The molecule has 3 heterocycles. The predicted octanol–water partition coefficient (Wildman–Crippen LogP) is 2.74. The molecule has 0 fully saturated rings. The summed E-state index contributed by atoms with van der Waals surface area (Å²) < 4.78 is 11.4. The van der Waals surface area contributed by atoms with Gasteiger partial charge in [0.1, 0.15) is 0 Å². The molecule has 3 aromatic rings. The third kappa shape index (κ3) is 2.09. The zero-order chi connectivity index (χ0) is 14.4. The predicted molar refractivity (Wildman–Crippen MR) is 82.0 cm³/mol. The number of anilines is 1. The molecule has 0 unspecified atom stereocenters. The minimum absolute atomic E-state index is 0.547. The number of nitrogens with one attached hydrogen (secondary N) is 1. The van der Waals surface area contributed by atoms with Gasteiger partial charge in [-0.1, -0.05) is 11.3 Å². The smallest absolute Gasteiger partial charge is 0.180 e. The lowest BCUT2D eigenvalue weighted by Gasteiger charge is -2.05. The third-order valence-electron chi connectivity index (χ3n) is 3.38. The highest BCUT2D eigenvalue weighted by atomic mass is 32.1. The average molecular weight is 302 g/mol. The van der Waals surface area contributed by atoms with Crippen molar-refractivity contribution in [1.29, 1.82) is 0 Å². The molecule has 1 aliphatic heterocycles. The van der Waals surface area contributed by atoms with Crippen molar-refractivity contribution in [2.45, 2.75) is 13.3 Å². The van der Waals surface area contributed by atoms with E-state index in [0.717, 1.165) is 45.3 Å². The van der Waals surface area contributed by atoms with Crippen LogP contribution in [0.4, 0.5) is 5.13 Å². The number of nitrogens with zero attached hydrogens (tertiary/aromatic N) is 2. The van der Waals surface area contributed by atoms with E-state index in [-0.39, 0.29) is 0 Å². The lowest BCUT2D eigenvalue weighted by Crippen LogP contribution is -1.97. The average Bonchev–Trinajstić information content (AvgIpc) is 2.91. The van der Waals surface area contributed by atoms with Crippen LogP contribution >= 0.6 is 11.3 Å². The van der Waals surface area contributed by atoms with Gasteiger partial charge >= 0.3 is 0 Å². The highest BCUT2D eigenvalue weighted by molar-refractivity contribution is 7.18. The second-order valence-electron chi connectivity index (χ2n) is 4.92. The van der Waals surface area contributed by atoms with E-state index in [4.69, 9.17) is 15.2 Å². The maximum Gasteiger partial charge on any atom is 0.180 e. The minimum atomic E-state index is 0.547. The molecule has 0 spiro atoms. The lowest BCUT2D eigenvalue weighted by molar-refractivity contribution is 0.297. The van der Waals surface area contributed by atoms with Crippen molar-refractivity contribution in [2.24, 2.45) is 0 Å². The van der Waals surface area contributed by atoms with Gasteiger partial charge in [-0.25, -0.2) is 9.97 Å². The SMILES string of the molecule is Cc1nc(N)sc1-c1nc2cc3c(cc2[nH]1)OCCCO3. The molecule has 6 nitrogen and oxygen atoms in total. The Kier molecular flexibility index (Phi) is 2.75. The van der Waals surface area contributed by atoms with E-state index in [0.29, 0.717) is 18.3 Å². The van der Waals surface area contributed by atoms with Crippen LogP contribution in [0.25, 0.3) is 21.7 Å². The summed E-state index contributed by atoms with van der Waals surface area (Å²) in [5.74, 6) is 2.28. The molecule has 0 saturated heterocycles. The van der Waals surface area contributed by atoms with Gasteiger partial charge in [0.05, 0.1) is 34.8 Å². The number of nitrogen functional groups attached to an aromatic ring is 1. The Morgan fingerprint density at radius 3 is 2.67 bits per heavy atom. The number of hydrogen-bond donors (Lipinski definition) is 2. The highest BCUT2D eigenvalue weighted by Crippen LogP contribution is 2.36. The molecule has 0 saturated carbocycles. The molecule has 7 heteroatoms. The molecular weight excluding hydrogens is 288 g/mol. The van der Waals surface area contributed by atoms with Gasteiger partial charge in [-0.3, -0.25) is 0 Å². The summed E-state index contributed by atoms with van der Waals surface area (Å²) >= 11 is 1.43. The van der Waals surface area contributed by atoms with E-state index in [1.54, 1.807) is 0 Å². The first-order chi connectivity index (χ1) is 10.2. The molecule has 1 aromatic carbocycles. The fraction of sp³-hybridized carbons (Fsp3) is 0.286. The molecule has 0 bridgehead atoms. The van der Waals surface area contributed by atoms with Crippen LogP contribution in [-0.2, 0) is 0 Å². The molecule has 21 heavy (non-hydrogen) atoms. The number of nitrogens with two attached hydrogens (primary N) is 1. The maximum atomic E-state index is 5.75. The fourth-order valence-electron chi connectivity index (χ4n) is 2.41. The summed E-state index contributed by atoms with van der Waals surface area (Å²) in [4.78, 5) is 13.1. The van der Waals surface area contributed by atoms with Crippen LogP contribution in [0.2, 0.25) is 0 Å². The van der Waals surface area contributed by atoms with Crippen LogP contribution in [-0.4, -0.2) is 28.2 Å². The number of thiazole rings is 1. The van der Waals surface area contributed by atoms with Crippen molar-refractivity contribution in [2.75, 3.05) is 18.9 Å². The normalized spacial score (nSPS) is 14.3. The number of ether oxygens (including phenoxy) is 2. The van der Waals surface area contributed by atoms with Crippen molar-refractivity contribution in [3.8, 4) is 22.2 Å². The molecule has 2 aromatic heterocycles. The van der Waals surface area contributed by atoms with Crippen LogP contribution in [0.15, 0.2) is 12.1 Å². The zero-order valence-electron chi connectivity index (χ0n) is 11.5. The molecule has 108 valence electrons. The Morgan fingerprint density at radius 2 is 1.95 bits per heavy atom. The van der Waals surface area contributed by atoms with E-state index in [1.807, 2.05) is 19.1 Å². The molecule has 0 aliphatic carbocycles. The molecule has 0 radical (unpaired) electrons. The Bertz CT molecular complexity index is 781. The number of benzene rings is 1. The summed E-state index contributed by atoms with van der Waals surface area (Å²) in [7, 11) is 0. The number of aromatic amines is 1. The molecule has 1 aliphatic rings. The van der Waals surface area contributed by atoms with Gasteiger partial charge in [-0.05, 0) is 6.92 Å². The first-order valence-electron chi connectivity index (χ1n) is 6.73. The molecule has 4 rings (SSSR count). The summed E-state index contributed by atoms with van der Waals surface area (Å²) in [6, 6.07) is 3.85.